The van der Waals surface area contributed by atoms with Gasteiger partial charge in [-0.3, -0.25) is 19.2 Å². The molecule has 29 N–H and O–H groups in total. The van der Waals surface area contributed by atoms with Gasteiger partial charge in [0, 0.05) is 27.7 Å². The number of ether oxygens (including phenoxy) is 17. The van der Waals surface area contributed by atoms with Gasteiger partial charge in [0.2, 0.25) is 23.6 Å². The van der Waals surface area contributed by atoms with Crippen molar-refractivity contribution in [1.82, 2.24) is 21.3 Å². The number of carbonyl (C=O) groups is 4. The van der Waals surface area contributed by atoms with E-state index in [1.54, 1.807) is 0 Å². The molecular formula is C62H104N4O46. The number of amides is 4. The van der Waals surface area contributed by atoms with Crippen LogP contribution < -0.4 is 21.3 Å². The molecule has 9 rings (SSSR count). The number of aliphatic hydroxyl groups excluding tert-OH is 25. The Bertz CT molecular complexity index is 2970. The second-order valence-corrected chi connectivity index (χ2v) is 28.2. The number of hydrogen-bond donors (Lipinski definition) is 29. The summed E-state index contributed by atoms with van der Waals surface area (Å²) in [7, 11) is 0. The predicted octanol–water partition coefficient (Wildman–Crippen LogP) is -20.1. The lowest BCUT2D eigenvalue weighted by Crippen LogP contribution is -2.71. The zero-order valence-corrected chi connectivity index (χ0v) is 60.1. The largest absolute Gasteiger partial charge is 0.394 e. The molecule has 0 saturated carbocycles. The second-order valence-electron chi connectivity index (χ2n) is 28.2. The SMILES string of the molecule is CC(=O)N[C@H]1[C@H](O[C@H]2[C@H](O)[C@@H](NC(C)=O)C(O)O[C@@H]2CO)O[C@H](CO)[C@@H](O[C@@H]2O[C@H](CO[C@H]3O[C@H](CO[C@H]4O[C@H](CO)[C@@H](O)[C@H](O)[C@@H]4O)[C@@H](O)[C@H](O[C@H]4O[C@H](CO)[C@@H](O)[C@H](O)[C@@H]4O)[C@@H]3O)[C@@H](O[C@@H]3O[C@H](CO)[C@@H](O)[C@H](O)[C@H]3NC(C)=O)[C@H](O[C@H]3O[C@H](CO)[C@@H](O)[C@H](O)[C@@H]3O[C@@H]3O[C@H](CO)[C@@H](O)[C@H](O)[C@H]3NC(C)=O)[C@@H]2O)[C@@H]1O. The van der Waals surface area contributed by atoms with Gasteiger partial charge < -0.3 is 229 Å². The summed E-state index contributed by atoms with van der Waals surface area (Å²) in [6.45, 7) is -6.30. The van der Waals surface area contributed by atoms with Crippen molar-refractivity contribution in [1.29, 1.82) is 0 Å². The Labute approximate surface area is 634 Å². The first-order valence-electron chi connectivity index (χ1n) is 35.6. The highest BCUT2D eigenvalue weighted by Crippen LogP contribution is 2.40. The van der Waals surface area contributed by atoms with Crippen molar-refractivity contribution >= 4 is 23.6 Å². The lowest BCUT2D eigenvalue weighted by atomic mass is 9.93. The molecule has 0 aliphatic carbocycles. The lowest BCUT2D eigenvalue weighted by Gasteiger charge is -2.52. The zero-order valence-electron chi connectivity index (χ0n) is 60.1. The van der Waals surface area contributed by atoms with Crippen molar-refractivity contribution in [3.63, 3.8) is 0 Å². The van der Waals surface area contributed by atoms with E-state index in [2.05, 4.69) is 21.3 Å². The van der Waals surface area contributed by atoms with Crippen LogP contribution in [0.3, 0.4) is 0 Å². The summed E-state index contributed by atoms with van der Waals surface area (Å²) in [4.78, 5) is 51.0. The number of rotatable bonds is 29. The highest BCUT2D eigenvalue weighted by atomic mass is 16.8. The molecule has 0 aromatic heterocycles. The third-order valence-corrected chi connectivity index (χ3v) is 20.3. The van der Waals surface area contributed by atoms with Crippen molar-refractivity contribution in [2.75, 3.05) is 59.5 Å². The van der Waals surface area contributed by atoms with Crippen molar-refractivity contribution < 1.29 is 227 Å². The van der Waals surface area contributed by atoms with E-state index in [1.165, 1.54) is 0 Å². The molecule has 9 heterocycles. The van der Waals surface area contributed by atoms with E-state index in [1.807, 2.05) is 0 Å². The van der Waals surface area contributed by atoms with E-state index in [4.69, 9.17) is 80.5 Å². The minimum absolute atomic E-state index is 0.805. The first-order valence-corrected chi connectivity index (χ1v) is 35.6. The fraction of sp³-hybridized carbons (Fsp3) is 0.935. The maximum absolute atomic E-state index is 13.2. The van der Waals surface area contributed by atoms with Gasteiger partial charge in [-0.05, 0) is 0 Å². The average molecular weight is 1640 g/mol. The highest BCUT2D eigenvalue weighted by molar-refractivity contribution is 5.74. The summed E-state index contributed by atoms with van der Waals surface area (Å²) in [5.74, 6) is -3.67. The van der Waals surface area contributed by atoms with Crippen LogP contribution in [0.4, 0.5) is 0 Å². The lowest BCUT2D eigenvalue weighted by molar-refractivity contribution is -0.407. The van der Waals surface area contributed by atoms with Gasteiger partial charge in [-0.2, -0.15) is 0 Å². The van der Waals surface area contributed by atoms with Crippen LogP contribution in [-0.4, -0.2) is 487 Å². The number of aliphatic hydroxyl groups is 25. The van der Waals surface area contributed by atoms with Crippen molar-refractivity contribution in [3.8, 4) is 0 Å². The molecule has 1 unspecified atom stereocenters. The van der Waals surface area contributed by atoms with Gasteiger partial charge in [0.1, 0.15) is 219 Å². The molecule has 112 heavy (non-hydrogen) atoms. The van der Waals surface area contributed by atoms with E-state index in [0.717, 1.165) is 27.7 Å². The Balaban J connectivity index is 1.17. The molecule has 0 aromatic carbocycles. The maximum atomic E-state index is 13.2. The molecule has 648 valence electrons. The molecule has 9 fully saturated rings. The molecular weight excluding hydrogens is 1540 g/mol. The molecule has 50 nitrogen and oxygen atoms in total. The van der Waals surface area contributed by atoms with E-state index in [9.17, 15) is 147 Å². The van der Waals surface area contributed by atoms with Gasteiger partial charge in [0.15, 0.2) is 56.6 Å². The second kappa shape index (κ2) is 40.3. The number of nitrogens with one attached hydrogen (secondary N) is 4. The fourth-order valence-electron chi connectivity index (χ4n) is 14.4. The Morgan fingerprint density at radius 2 is 0.518 bits per heavy atom. The Morgan fingerprint density at radius 3 is 0.982 bits per heavy atom. The van der Waals surface area contributed by atoms with Gasteiger partial charge in [-0.15, -0.1) is 0 Å². The van der Waals surface area contributed by atoms with Crippen molar-refractivity contribution in [2.24, 2.45) is 0 Å². The molecule has 9 aliphatic rings. The fourth-order valence-corrected chi connectivity index (χ4v) is 14.4. The van der Waals surface area contributed by atoms with Gasteiger partial charge >= 0.3 is 0 Å². The predicted molar refractivity (Wildman–Crippen MR) is 343 cm³/mol. The molecule has 0 radical (unpaired) electrons. The molecule has 4 amide bonds. The van der Waals surface area contributed by atoms with E-state index in [-0.39, 0.29) is 0 Å². The van der Waals surface area contributed by atoms with Crippen LogP contribution in [0, 0.1) is 0 Å². The van der Waals surface area contributed by atoms with E-state index >= 15 is 0 Å². The normalized spacial score (nSPS) is 48.9. The summed E-state index contributed by atoms with van der Waals surface area (Å²) in [5.41, 5.74) is 0. The topological polar surface area (TPSA) is 779 Å². The highest BCUT2D eigenvalue weighted by Gasteiger charge is 2.61. The molecule has 45 atom stereocenters. The third kappa shape index (κ3) is 20.4. The van der Waals surface area contributed by atoms with Crippen LogP contribution in [0.1, 0.15) is 27.7 Å². The summed E-state index contributed by atoms with van der Waals surface area (Å²) < 4.78 is 102. The van der Waals surface area contributed by atoms with Crippen LogP contribution in [0.15, 0.2) is 0 Å². The molecule has 50 heteroatoms. The first kappa shape index (κ1) is 92.1. The first-order chi connectivity index (χ1) is 53.0. The van der Waals surface area contributed by atoms with Crippen LogP contribution in [0.2, 0.25) is 0 Å². The van der Waals surface area contributed by atoms with Crippen LogP contribution in [0.5, 0.6) is 0 Å². The average Bonchev–Trinajstić information content (AvgIpc) is 0.761. The van der Waals surface area contributed by atoms with Gasteiger partial charge in [0.25, 0.3) is 0 Å². The number of hydrogen-bond acceptors (Lipinski definition) is 46. The van der Waals surface area contributed by atoms with Gasteiger partial charge in [-0.1, -0.05) is 0 Å². The maximum Gasteiger partial charge on any atom is 0.217 e. The Hall–Kier alpha value is -3.80. The Kier molecular flexibility index (Phi) is 33.1. The van der Waals surface area contributed by atoms with Crippen molar-refractivity contribution in [3.05, 3.63) is 0 Å². The number of carbonyl (C=O) groups excluding carboxylic acids is 4. The van der Waals surface area contributed by atoms with Crippen LogP contribution in [-0.2, 0) is 99.7 Å². The molecule has 9 saturated heterocycles. The Morgan fingerprint density at radius 1 is 0.232 bits per heavy atom. The summed E-state index contributed by atoms with van der Waals surface area (Å²) >= 11 is 0. The van der Waals surface area contributed by atoms with Crippen LogP contribution >= 0.6 is 0 Å². The summed E-state index contributed by atoms with van der Waals surface area (Å²) in [6, 6.07) is -7.51. The van der Waals surface area contributed by atoms with E-state index in [0.29, 0.717) is 0 Å². The molecule has 0 spiro atoms. The smallest absolute Gasteiger partial charge is 0.217 e. The minimum atomic E-state index is -2.70. The molecule has 9 aliphatic heterocycles. The third-order valence-electron chi connectivity index (χ3n) is 20.3. The minimum Gasteiger partial charge on any atom is -0.394 e. The van der Waals surface area contributed by atoms with Gasteiger partial charge in [-0.25, -0.2) is 0 Å². The molecule has 0 bridgehead atoms. The summed E-state index contributed by atoms with van der Waals surface area (Å²) in [6.07, 6.45) is -88.1. The van der Waals surface area contributed by atoms with Crippen LogP contribution in [0.25, 0.3) is 0 Å². The monoisotopic (exact) mass is 1640 g/mol. The van der Waals surface area contributed by atoms with Gasteiger partial charge in [0.05, 0.1) is 59.5 Å². The van der Waals surface area contributed by atoms with Crippen molar-refractivity contribution in [2.45, 2.75) is 304 Å². The van der Waals surface area contributed by atoms with E-state index < -0.39 is 359 Å². The zero-order chi connectivity index (χ0) is 82.5. The standard InChI is InChI=1S/C62H104N4O46/c1-14(74)63-27-39(86)48(23(10-72)98-54(27)95)107-57-30(66-17(4)77)40(87)49(24(11-73)104-57)108-61-47(94)52(111-62-53(43(90)35(82)22(9-71)103-62)112-56-29(65-16(3)76)38(85)32(79)19(6-68)100-56)50(109-55-28(64-15(2)75)37(84)31(78)18(5-67)99-55)26(106-61)13-97-59-46(93)51(110-60-45(92)42(89)34(81)21(8-70)102-60)36(83)25(105-59)12-96-58-44(91)41(88)33(80)20(7-69)101-58/h18-62,67-73,78-95H,5-13H2,1-4H3,(H,63,74)(H,64,75)(H,65,76)(H,66,77)/t18-,19-,20-,21-,22-,23-,24-,25-,26-,27-,28-,29-,30-,31-,32-,33-,34-,35-,36-,37-,38-,39-,40-,41+,42+,43+,44+,45+,46+,47+,48-,49-,50-,51+,52-,53+,54?,55+,56+,57+,58+,59+,60-,61+,62-/m1/s1. The quantitative estimate of drug-likeness (QED) is 0.0331. The molecule has 0 aromatic rings. The summed E-state index contributed by atoms with van der Waals surface area (Å²) in [5, 5.41) is 288.